The average Bonchev–Trinajstić information content (AvgIpc) is 2.88. The summed E-state index contributed by atoms with van der Waals surface area (Å²) in [5.41, 5.74) is 5.35. The van der Waals surface area contributed by atoms with E-state index in [4.69, 9.17) is 9.98 Å². The van der Waals surface area contributed by atoms with Crippen molar-refractivity contribution in [2.24, 2.45) is 9.98 Å². The number of para-hydroxylation sites is 2. The van der Waals surface area contributed by atoms with Crippen LogP contribution >= 0.6 is 0 Å². The van der Waals surface area contributed by atoms with Crippen molar-refractivity contribution in [1.29, 1.82) is 0 Å². The predicted octanol–water partition coefficient (Wildman–Crippen LogP) is 5.24. The maximum Gasteiger partial charge on any atom is 0.269 e. The molecule has 0 unspecified atom stereocenters. The van der Waals surface area contributed by atoms with E-state index in [1.54, 1.807) is 12.1 Å². The average molecular weight is 341 g/mol. The molecule has 0 bridgehead atoms. The van der Waals surface area contributed by atoms with Gasteiger partial charge in [-0.1, -0.05) is 42.5 Å². The van der Waals surface area contributed by atoms with Crippen molar-refractivity contribution in [3.05, 3.63) is 100 Å². The fraction of sp³-hybridized carbons (Fsp3) is 0.0476. The minimum absolute atomic E-state index is 0.0697. The van der Waals surface area contributed by atoms with Gasteiger partial charge in [0.15, 0.2) is 0 Å². The molecule has 0 saturated carbocycles. The van der Waals surface area contributed by atoms with E-state index in [1.165, 1.54) is 12.1 Å². The Hall–Kier alpha value is -3.60. The zero-order valence-electron chi connectivity index (χ0n) is 13.9. The van der Waals surface area contributed by atoms with E-state index in [0.717, 1.165) is 33.9 Å². The Kier molecular flexibility index (Phi) is 4.11. The van der Waals surface area contributed by atoms with Crippen LogP contribution in [-0.4, -0.2) is 16.3 Å². The molecule has 126 valence electrons. The number of benzene rings is 3. The van der Waals surface area contributed by atoms with E-state index >= 15 is 0 Å². The Labute approximate surface area is 150 Å². The lowest BCUT2D eigenvalue weighted by atomic mass is 10.00. The highest BCUT2D eigenvalue weighted by atomic mass is 16.6. The van der Waals surface area contributed by atoms with Gasteiger partial charge in [-0.2, -0.15) is 0 Å². The number of nitrogens with zero attached hydrogens (tertiary/aromatic N) is 3. The van der Waals surface area contributed by atoms with Gasteiger partial charge >= 0.3 is 0 Å². The summed E-state index contributed by atoms with van der Waals surface area (Å²) >= 11 is 0. The quantitative estimate of drug-likeness (QED) is 0.483. The molecule has 1 aliphatic rings. The van der Waals surface area contributed by atoms with Gasteiger partial charge in [0, 0.05) is 18.6 Å². The van der Waals surface area contributed by atoms with Crippen molar-refractivity contribution in [3.8, 4) is 0 Å². The van der Waals surface area contributed by atoms with Crippen molar-refractivity contribution in [3.63, 3.8) is 0 Å². The van der Waals surface area contributed by atoms with Crippen LogP contribution in [0.25, 0.3) is 0 Å². The van der Waals surface area contributed by atoms with Crippen molar-refractivity contribution >= 4 is 28.5 Å². The second-order valence-electron chi connectivity index (χ2n) is 5.95. The molecule has 3 aromatic carbocycles. The molecule has 26 heavy (non-hydrogen) atoms. The first-order valence-electron chi connectivity index (χ1n) is 8.25. The van der Waals surface area contributed by atoms with Gasteiger partial charge < -0.3 is 0 Å². The van der Waals surface area contributed by atoms with Gasteiger partial charge in [0.1, 0.15) is 0 Å². The number of nitro benzene ring substituents is 1. The summed E-state index contributed by atoms with van der Waals surface area (Å²) in [6, 6.07) is 24.2. The van der Waals surface area contributed by atoms with E-state index < -0.39 is 4.92 Å². The molecule has 0 fully saturated rings. The predicted molar refractivity (Wildman–Crippen MR) is 103 cm³/mol. The fourth-order valence-electron chi connectivity index (χ4n) is 2.92. The lowest BCUT2D eigenvalue weighted by Gasteiger charge is -2.08. The second kappa shape index (κ2) is 6.72. The molecule has 0 aromatic heterocycles. The molecule has 0 aliphatic carbocycles. The molecular weight excluding hydrogens is 326 g/mol. The Bertz CT molecular complexity index is 1020. The van der Waals surface area contributed by atoms with E-state index in [1.807, 2.05) is 54.6 Å². The summed E-state index contributed by atoms with van der Waals surface area (Å²) in [6.45, 7) is 0. The van der Waals surface area contributed by atoms with Crippen LogP contribution in [0.15, 0.2) is 88.8 Å². The van der Waals surface area contributed by atoms with Gasteiger partial charge in [0.25, 0.3) is 5.69 Å². The Morgan fingerprint density at radius 1 is 0.692 bits per heavy atom. The molecule has 0 amide bonds. The van der Waals surface area contributed by atoms with Gasteiger partial charge in [0.05, 0.1) is 27.7 Å². The number of hydrogen-bond acceptors (Lipinski definition) is 4. The van der Waals surface area contributed by atoms with Crippen LogP contribution in [0.2, 0.25) is 0 Å². The maximum absolute atomic E-state index is 10.9. The third kappa shape index (κ3) is 3.15. The van der Waals surface area contributed by atoms with Crippen molar-refractivity contribution in [1.82, 2.24) is 0 Å². The van der Waals surface area contributed by atoms with Crippen molar-refractivity contribution < 1.29 is 4.92 Å². The molecule has 0 spiro atoms. The molecule has 3 aromatic rings. The molecule has 5 nitrogen and oxygen atoms in total. The number of fused-ring (bicyclic) bond motifs is 1. The third-order valence-corrected chi connectivity index (χ3v) is 4.25. The summed E-state index contributed by atoms with van der Waals surface area (Å²) in [5.74, 6) is 0. The Morgan fingerprint density at radius 3 is 1.73 bits per heavy atom. The molecule has 5 heteroatoms. The highest BCUT2D eigenvalue weighted by Crippen LogP contribution is 2.32. The van der Waals surface area contributed by atoms with Crippen LogP contribution in [-0.2, 0) is 0 Å². The summed E-state index contributed by atoms with van der Waals surface area (Å²) in [5, 5.41) is 10.9. The number of rotatable bonds is 3. The molecule has 0 radical (unpaired) electrons. The van der Waals surface area contributed by atoms with Crippen LogP contribution in [0.4, 0.5) is 17.1 Å². The maximum atomic E-state index is 10.9. The summed E-state index contributed by atoms with van der Waals surface area (Å²) in [4.78, 5) is 20.1. The second-order valence-corrected chi connectivity index (χ2v) is 5.95. The van der Waals surface area contributed by atoms with Crippen LogP contribution in [0.3, 0.4) is 0 Å². The Morgan fingerprint density at radius 2 is 1.19 bits per heavy atom. The fourth-order valence-corrected chi connectivity index (χ4v) is 2.92. The van der Waals surface area contributed by atoms with E-state index in [2.05, 4.69) is 0 Å². The first-order valence-corrected chi connectivity index (χ1v) is 8.25. The van der Waals surface area contributed by atoms with Crippen LogP contribution in [0.1, 0.15) is 17.5 Å². The smallest absolute Gasteiger partial charge is 0.258 e. The molecule has 4 rings (SSSR count). The topological polar surface area (TPSA) is 67.9 Å². The van der Waals surface area contributed by atoms with Gasteiger partial charge in [-0.15, -0.1) is 0 Å². The third-order valence-electron chi connectivity index (χ3n) is 4.25. The van der Waals surface area contributed by atoms with Gasteiger partial charge in [-0.05, 0) is 35.4 Å². The van der Waals surface area contributed by atoms with E-state index in [-0.39, 0.29) is 5.69 Å². The van der Waals surface area contributed by atoms with Crippen molar-refractivity contribution in [2.75, 3.05) is 0 Å². The molecule has 1 aliphatic heterocycles. The van der Waals surface area contributed by atoms with Crippen LogP contribution in [0, 0.1) is 10.1 Å². The standard InChI is InChI=1S/C21H15N3O2/c25-24(26)17-12-10-16(11-13-17)21-14-20(15-6-2-1-3-7-15)22-18-8-4-5-9-19(18)23-21/h1-13H,14H2. The summed E-state index contributed by atoms with van der Waals surface area (Å²) in [7, 11) is 0. The van der Waals surface area contributed by atoms with Gasteiger partial charge in [-0.25, -0.2) is 0 Å². The summed E-state index contributed by atoms with van der Waals surface area (Å²) in [6.07, 6.45) is 0.552. The lowest BCUT2D eigenvalue weighted by molar-refractivity contribution is -0.384. The molecule has 0 N–H and O–H groups in total. The summed E-state index contributed by atoms with van der Waals surface area (Å²) < 4.78 is 0. The highest BCUT2D eigenvalue weighted by Gasteiger charge is 2.17. The largest absolute Gasteiger partial charge is 0.269 e. The minimum Gasteiger partial charge on any atom is -0.258 e. The van der Waals surface area contributed by atoms with E-state index in [0.29, 0.717) is 6.42 Å². The number of nitro groups is 1. The molecule has 0 atom stereocenters. The lowest BCUT2D eigenvalue weighted by Crippen LogP contribution is -2.09. The SMILES string of the molecule is O=[N+]([O-])c1ccc(C2=Nc3ccccc3N=C(c3ccccc3)C2)cc1. The first-order chi connectivity index (χ1) is 12.7. The Balaban J connectivity index is 1.81. The minimum atomic E-state index is -0.398. The zero-order valence-corrected chi connectivity index (χ0v) is 13.9. The molecule has 1 heterocycles. The highest BCUT2D eigenvalue weighted by molar-refractivity contribution is 6.20. The number of non-ortho nitro benzene ring substituents is 1. The number of aliphatic imine (C=N–C) groups is 2. The number of hydrogen-bond donors (Lipinski definition) is 0. The van der Waals surface area contributed by atoms with Crippen LogP contribution in [0.5, 0.6) is 0 Å². The molecular formula is C21H15N3O2. The van der Waals surface area contributed by atoms with E-state index in [9.17, 15) is 10.1 Å². The molecule has 0 saturated heterocycles. The monoisotopic (exact) mass is 341 g/mol. The van der Waals surface area contributed by atoms with Gasteiger partial charge in [-0.3, -0.25) is 20.1 Å². The first kappa shape index (κ1) is 15.9. The van der Waals surface area contributed by atoms with Crippen LogP contribution < -0.4 is 0 Å². The van der Waals surface area contributed by atoms with Gasteiger partial charge in [0.2, 0.25) is 0 Å². The zero-order chi connectivity index (χ0) is 17.9. The normalized spacial score (nSPS) is 13.2. The van der Waals surface area contributed by atoms with Crippen molar-refractivity contribution in [2.45, 2.75) is 6.42 Å².